The molecule has 0 aromatic carbocycles. The maximum absolute atomic E-state index is 11.8. The second-order valence-electron chi connectivity index (χ2n) is 6.74. The molecule has 0 spiro atoms. The van der Waals surface area contributed by atoms with E-state index < -0.39 is 5.60 Å². The average Bonchev–Trinajstić information content (AvgIpc) is 2.92. The zero-order chi connectivity index (χ0) is 14.6. The van der Waals surface area contributed by atoms with Crippen molar-refractivity contribution in [3.05, 3.63) is 24.2 Å². The zero-order valence-electron chi connectivity index (χ0n) is 12.4. The lowest BCUT2D eigenvalue weighted by molar-refractivity contribution is -0.123. The van der Waals surface area contributed by atoms with E-state index in [0.717, 1.165) is 31.4 Å². The van der Waals surface area contributed by atoms with E-state index in [9.17, 15) is 9.90 Å². The molecule has 112 valence electrons. The van der Waals surface area contributed by atoms with Crippen LogP contribution >= 0.6 is 0 Å². The van der Waals surface area contributed by atoms with Crippen LogP contribution in [0.1, 0.15) is 51.7 Å². The average molecular weight is 279 g/mol. The van der Waals surface area contributed by atoms with Gasteiger partial charge in [-0.15, -0.1) is 0 Å². The van der Waals surface area contributed by atoms with Crippen LogP contribution in [0.3, 0.4) is 0 Å². The molecule has 1 aromatic heterocycles. The largest absolute Gasteiger partial charge is 0.469 e. The van der Waals surface area contributed by atoms with E-state index >= 15 is 0 Å². The van der Waals surface area contributed by atoms with E-state index in [0.29, 0.717) is 24.8 Å². The molecule has 4 nitrogen and oxygen atoms in total. The summed E-state index contributed by atoms with van der Waals surface area (Å²) >= 11 is 0. The molecule has 20 heavy (non-hydrogen) atoms. The number of aryl methyl sites for hydroxylation is 1. The Bertz CT molecular complexity index is 427. The standard InChI is InChI=1S/C16H25NO3/c1-15(2)7-9-16(19,10-8-15)12-17-14(18)6-5-13-4-3-11-20-13/h3-4,11,19H,5-10,12H2,1-2H3,(H,17,18). The molecule has 2 rings (SSSR count). The monoisotopic (exact) mass is 279 g/mol. The van der Waals surface area contributed by atoms with Gasteiger partial charge in [-0.1, -0.05) is 13.8 Å². The van der Waals surface area contributed by atoms with Crippen molar-refractivity contribution in [3.63, 3.8) is 0 Å². The van der Waals surface area contributed by atoms with Gasteiger partial charge in [0, 0.05) is 19.4 Å². The molecule has 1 aliphatic carbocycles. The van der Waals surface area contributed by atoms with Crippen LogP contribution in [0.2, 0.25) is 0 Å². The Morgan fingerprint density at radius 3 is 2.65 bits per heavy atom. The number of aliphatic hydroxyl groups is 1. The van der Waals surface area contributed by atoms with E-state index in [1.54, 1.807) is 6.26 Å². The SMILES string of the molecule is CC1(C)CCC(O)(CNC(=O)CCc2ccco2)CC1. The minimum Gasteiger partial charge on any atom is -0.469 e. The predicted octanol–water partition coefficient (Wildman–Crippen LogP) is 2.66. The first-order valence-corrected chi connectivity index (χ1v) is 7.40. The van der Waals surface area contributed by atoms with E-state index in [2.05, 4.69) is 19.2 Å². The van der Waals surface area contributed by atoms with Crippen molar-refractivity contribution in [2.45, 2.75) is 58.0 Å². The highest BCUT2D eigenvalue weighted by Crippen LogP contribution is 2.39. The maximum atomic E-state index is 11.8. The van der Waals surface area contributed by atoms with Gasteiger partial charge in [0.05, 0.1) is 11.9 Å². The second kappa shape index (κ2) is 6.00. The topological polar surface area (TPSA) is 62.5 Å². The molecule has 1 heterocycles. The Morgan fingerprint density at radius 2 is 2.05 bits per heavy atom. The van der Waals surface area contributed by atoms with Gasteiger partial charge < -0.3 is 14.8 Å². The third-order valence-electron chi connectivity index (χ3n) is 4.33. The normalized spacial score (nSPS) is 20.6. The molecule has 4 heteroatoms. The van der Waals surface area contributed by atoms with Crippen molar-refractivity contribution in [1.29, 1.82) is 0 Å². The molecule has 0 bridgehead atoms. The third kappa shape index (κ3) is 4.37. The summed E-state index contributed by atoms with van der Waals surface area (Å²) in [6, 6.07) is 3.68. The lowest BCUT2D eigenvalue weighted by atomic mass is 9.71. The zero-order valence-corrected chi connectivity index (χ0v) is 12.4. The lowest BCUT2D eigenvalue weighted by Crippen LogP contribution is -2.46. The number of rotatable bonds is 5. The number of carbonyl (C=O) groups is 1. The van der Waals surface area contributed by atoms with Crippen molar-refractivity contribution < 1.29 is 14.3 Å². The van der Waals surface area contributed by atoms with Crippen LogP contribution in [0.15, 0.2) is 22.8 Å². The third-order valence-corrected chi connectivity index (χ3v) is 4.33. The van der Waals surface area contributed by atoms with Crippen LogP contribution < -0.4 is 5.32 Å². The fraction of sp³-hybridized carbons (Fsp3) is 0.688. The highest BCUT2D eigenvalue weighted by Gasteiger charge is 2.36. The molecule has 1 aliphatic rings. The summed E-state index contributed by atoms with van der Waals surface area (Å²) in [6.07, 6.45) is 6.15. The Balaban J connectivity index is 1.70. The fourth-order valence-corrected chi connectivity index (χ4v) is 2.61. The van der Waals surface area contributed by atoms with Crippen molar-refractivity contribution in [3.8, 4) is 0 Å². The molecule has 0 unspecified atom stereocenters. The van der Waals surface area contributed by atoms with Gasteiger partial charge in [-0.05, 0) is 43.2 Å². The molecule has 1 saturated carbocycles. The Kier molecular flexibility index (Phi) is 4.53. The van der Waals surface area contributed by atoms with Crippen molar-refractivity contribution in [2.75, 3.05) is 6.54 Å². The molecule has 1 aromatic rings. The molecule has 0 atom stereocenters. The van der Waals surface area contributed by atoms with Crippen LogP contribution in [-0.4, -0.2) is 23.2 Å². The number of carbonyl (C=O) groups excluding carboxylic acids is 1. The number of hydrogen-bond acceptors (Lipinski definition) is 3. The summed E-state index contributed by atoms with van der Waals surface area (Å²) in [5, 5.41) is 13.3. The van der Waals surface area contributed by atoms with Gasteiger partial charge in [-0.2, -0.15) is 0 Å². The van der Waals surface area contributed by atoms with E-state index in [-0.39, 0.29) is 5.91 Å². The number of amides is 1. The van der Waals surface area contributed by atoms with Crippen molar-refractivity contribution in [1.82, 2.24) is 5.32 Å². The number of hydrogen-bond donors (Lipinski definition) is 2. The van der Waals surface area contributed by atoms with E-state index in [1.807, 2.05) is 12.1 Å². The molecule has 0 saturated heterocycles. The highest BCUT2D eigenvalue weighted by atomic mass is 16.3. The lowest BCUT2D eigenvalue weighted by Gasteiger charge is -2.40. The molecule has 1 amide bonds. The first kappa shape index (κ1) is 15.1. The summed E-state index contributed by atoms with van der Waals surface area (Å²) in [6.45, 7) is 4.82. The first-order chi connectivity index (χ1) is 9.39. The van der Waals surface area contributed by atoms with Gasteiger partial charge in [0.1, 0.15) is 5.76 Å². The minimum absolute atomic E-state index is 0.0281. The van der Waals surface area contributed by atoms with Gasteiger partial charge in [0.2, 0.25) is 5.91 Å². The summed E-state index contributed by atoms with van der Waals surface area (Å²) < 4.78 is 5.19. The number of nitrogens with one attached hydrogen (secondary N) is 1. The summed E-state index contributed by atoms with van der Waals surface area (Å²) in [7, 11) is 0. The quantitative estimate of drug-likeness (QED) is 0.871. The Labute approximate surface area is 120 Å². The van der Waals surface area contributed by atoms with Gasteiger partial charge in [0.15, 0.2) is 0 Å². The Hall–Kier alpha value is -1.29. The molecule has 1 fully saturated rings. The Morgan fingerprint density at radius 1 is 1.35 bits per heavy atom. The molecule has 0 radical (unpaired) electrons. The fourth-order valence-electron chi connectivity index (χ4n) is 2.61. The molecular weight excluding hydrogens is 254 g/mol. The smallest absolute Gasteiger partial charge is 0.220 e. The van der Waals surface area contributed by atoms with Crippen LogP contribution in [0.4, 0.5) is 0 Å². The van der Waals surface area contributed by atoms with Gasteiger partial charge in [0.25, 0.3) is 0 Å². The molecule has 2 N–H and O–H groups in total. The van der Waals surface area contributed by atoms with Gasteiger partial charge in [-0.3, -0.25) is 4.79 Å². The molecule has 0 aliphatic heterocycles. The second-order valence-corrected chi connectivity index (χ2v) is 6.74. The summed E-state index contributed by atoms with van der Waals surface area (Å²) in [4.78, 5) is 11.8. The first-order valence-electron chi connectivity index (χ1n) is 7.40. The van der Waals surface area contributed by atoms with E-state index in [4.69, 9.17) is 4.42 Å². The van der Waals surface area contributed by atoms with Crippen LogP contribution in [0.25, 0.3) is 0 Å². The summed E-state index contributed by atoms with van der Waals surface area (Å²) in [5.41, 5.74) is -0.411. The van der Waals surface area contributed by atoms with Crippen LogP contribution in [0.5, 0.6) is 0 Å². The van der Waals surface area contributed by atoms with Crippen molar-refractivity contribution >= 4 is 5.91 Å². The minimum atomic E-state index is -0.726. The van der Waals surface area contributed by atoms with Gasteiger partial charge >= 0.3 is 0 Å². The van der Waals surface area contributed by atoms with E-state index in [1.165, 1.54) is 0 Å². The van der Waals surface area contributed by atoms with Crippen LogP contribution in [-0.2, 0) is 11.2 Å². The summed E-state index contributed by atoms with van der Waals surface area (Å²) in [5.74, 6) is 0.790. The predicted molar refractivity (Wildman–Crippen MR) is 77.2 cm³/mol. The van der Waals surface area contributed by atoms with Crippen LogP contribution in [0, 0.1) is 5.41 Å². The maximum Gasteiger partial charge on any atom is 0.220 e. The van der Waals surface area contributed by atoms with Gasteiger partial charge in [-0.25, -0.2) is 0 Å². The van der Waals surface area contributed by atoms with Crippen molar-refractivity contribution in [2.24, 2.45) is 5.41 Å². The highest BCUT2D eigenvalue weighted by molar-refractivity contribution is 5.76. The number of furan rings is 1. The molecular formula is C16H25NO3.